The molecule has 0 aromatic heterocycles. The van der Waals surface area contributed by atoms with E-state index in [4.69, 9.17) is 9.47 Å². The van der Waals surface area contributed by atoms with Gasteiger partial charge in [0, 0.05) is 31.8 Å². The van der Waals surface area contributed by atoms with Gasteiger partial charge in [-0.2, -0.15) is 0 Å². The van der Waals surface area contributed by atoms with Gasteiger partial charge in [0.05, 0.1) is 12.0 Å². The van der Waals surface area contributed by atoms with Crippen molar-refractivity contribution in [3.8, 4) is 11.5 Å². The molecule has 2 rings (SSSR count). The van der Waals surface area contributed by atoms with Crippen molar-refractivity contribution in [3.63, 3.8) is 0 Å². The molecule has 1 aromatic rings. The number of benzene rings is 1. The Balaban J connectivity index is 0.00000264. The summed E-state index contributed by atoms with van der Waals surface area (Å²) < 4.78 is 10.4. The van der Waals surface area contributed by atoms with E-state index in [9.17, 15) is 14.9 Å². The van der Waals surface area contributed by atoms with Gasteiger partial charge in [0.1, 0.15) is 5.75 Å². The molecule has 1 fully saturated rings. The minimum Gasteiger partial charge on any atom is -0.490 e. The summed E-state index contributed by atoms with van der Waals surface area (Å²) in [5.41, 5.74) is -0.139. The van der Waals surface area contributed by atoms with Crippen molar-refractivity contribution < 1.29 is 19.2 Å². The molecule has 1 aliphatic rings. The number of methoxy groups -OCH3 is 1. The average molecular weight is 346 g/mol. The number of nitro groups is 1. The van der Waals surface area contributed by atoms with Crippen LogP contribution in [-0.4, -0.2) is 55.6 Å². The van der Waals surface area contributed by atoms with Gasteiger partial charge in [-0.05, 0) is 19.0 Å². The summed E-state index contributed by atoms with van der Waals surface area (Å²) in [5.74, 6) is 0.374. The van der Waals surface area contributed by atoms with Gasteiger partial charge >= 0.3 is 5.69 Å². The van der Waals surface area contributed by atoms with Gasteiger partial charge in [0.25, 0.3) is 5.91 Å². The number of amides is 1. The molecule has 0 spiro atoms. The first-order valence-electron chi connectivity index (χ1n) is 7.05. The van der Waals surface area contributed by atoms with Crippen LogP contribution in [0.25, 0.3) is 0 Å². The molecular formula is C14H20ClN3O5. The van der Waals surface area contributed by atoms with Crippen LogP contribution in [0.5, 0.6) is 11.5 Å². The molecule has 0 radical (unpaired) electrons. The maximum Gasteiger partial charge on any atom is 0.311 e. The van der Waals surface area contributed by atoms with E-state index in [-0.39, 0.29) is 36.4 Å². The Bertz CT molecular complexity index is 547. The zero-order valence-electron chi connectivity index (χ0n) is 12.8. The summed E-state index contributed by atoms with van der Waals surface area (Å²) in [6.45, 7) is 2.95. The number of carbonyl (C=O) groups excluding carboxylic acids is 1. The smallest absolute Gasteiger partial charge is 0.311 e. The van der Waals surface area contributed by atoms with E-state index in [0.29, 0.717) is 18.8 Å². The predicted octanol–water partition coefficient (Wildman–Crippen LogP) is 1.23. The van der Waals surface area contributed by atoms with E-state index in [0.717, 1.165) is 19.5 Å². The van der Waals surface area contributed by atoms with Crippen molar-refractivity contribution >= 4 is 24.0 Å². The number of hydrogen-bond acceptors (Lipinski definition) is 6. The van der Waals surface area contributed by atoms with Gasteiger partial charge in [-0.1, -0.05) is 0 Å². The SMILES string of the molecule is COc1cc(OCC(=O)N2CCCNCC2)ccc1[N+](=O)[O-].Cl. The van der Waals surface area contributed by atoms with Gasteiger partial charge in [0.15, 0.2) is 6.61 Å². The van der Waals surface area contributed by atoms with Crippen molar-refractivity contribution in [3.05, 3.63) is 28.3 Å². The highest BCUT2D eigenvalue weighted by molar-refractivity contribution is 5.85. The highest BCUT2D eigenvalue weighted by Crippen LogP contribution is 2.30. The Hall–Kier alpha value is -2.06. The van der Waals surface area contributed by atoms with E-state index in [2.05, 4.69) is 5.32 Å². The molecule has 0 aliphatic carbocycles. The minimum atomic E-state index is -0.530. The second-order valence-corrected chi connectivity index (χ2v) is 4.86. The Morgan fingerprint density at radius 1 is 1.39 bits per heavy atom. The Kier molecular flexibility index (Phi) is 7.56. The molecule has 23 heavy (non-hydrogen) atoms. The molecule has 1 aromatic carbocycles. The highest BCUT2D eigenvalue weighted by atomic mass is 35.5. The predicted molar refractivity (Wildman–Crippen MR) is 86.5 cm³/mol. The number of carbonyl (C=O) groups is 1. The number of ether oxygens (including phenoxy) is 2. The topological polar surface area (TPSA) is 93.9 Å². The third-order valence-corrected chi connectivity index (χ3v) is 3.40. The third kappa shape index (κ3) is 5.26. The van der Waals surface area contributed by atoms with Gasteiger partial charge < -0.3 is 19.7 Å². The molecule has 1 heterocycles. The molecule has 0 bridgehead atoms. The molecule has 0 unspecified atom stereocenters. The molecule has 128 valence electrons. The Labute approximate surface area is 140 Å². The minimum absolute atomic E-state index is 0. The number of halogens is 1. The molecule has 9 heteroatoms. The first kappa shape index (κ1) is 19.0. The fourth-order valence-electron chi connectivity index (χ4n) is 2.23. The summed E-state index contributed by atoms with van der Waals surface area (Å²) in [7, 11) is 1.35. The molecule has 1 saturated heterocycles. The van der Waals surface area contributed by atoms with E-state index in [1.807, 2.05) is 0 Å². The van der Waals surface area contributed by atoms with E-state index >= 15 is 0 Å². The van der Waals surface area contributed by atoms with Crippen molar-refractivity contribution in [2.75, 3.05) is 39.9 Å². The van der Waals surface area contributed by atoms with Crippen molar-refractivity contribution in [2.45, 2.75) is 6.42 Å². The second kappa shape index (κ2) is 9.16. The fraction of sp³-hybridized carbons (Fsp3) is 0.500. The van der Waals surface area contributed by atoms with Crippen LogP contribution in [0.2, 0.25) is 0 Å². The van der Waals surface area contributed by atoms with E-state index < -0.39 is 4.92 Å². The number of nitro benzene ring substituents is 1. The van der Waals surface area contributed by atoms with E-state index in [1.165, 1.54) is 25.3 Å². The lowest BCUT2D eigenvalue weighted by atomic mass is 10.3. The first-order chi connectivity index (χ1) is 10.6. The van der Waals surface area contributed by atoms with Crippen LogP contribution in [0.1, 0.15) is 6.42 Å². The fourth-order valence-corrected chi connectivity index (χ4v) is 2.23. The first-order valence-corrected chi connectivity index (χ1v) is 7.05. The lowest BCUT2D eigenvalue weighted by Crippen LogP contribution is -2.37. The van der Waals surface area contributed by atoms with Crippen LogP contribution in [0, 0.1) is 10.1 Å². The molecule has 0 atom stereocenters. The van der Waals surface area contributed by atoms with Crippen molar-refractivity contribution in [1.82, 2.24) is 10.2 Å². The Morgan fingerprint density at radius 3 is 2.87 bits per heavy atom. The van der Waals surface area contributed by atoms with Crippen LogP contribution in [0.15, 0.2) is 18.2 Å². The largest absolute Gasteiger partial charge is 0.490 e. The lowest BCUT2D eigenvalue weighted by Gasteiger charge is -2.20. The van der Waals surface area contributed by atoms with Gasteiger partial charge in [0.2, 0.25) is 5.75 Å². The van der Waals surface area contributed by atoms with Gasteiger partial charge in [-0.15, -0.1) is 12.4 Å². The van der Waals surface area contributed by atoms with Gasteiger partial charge in [-0.3, -0.25) is 14.9 Å². The summed E-state index contributed by atoms with van der Waals surface area (Å²) in [6, 6.07) is 4.17. The van der Waals surface area contributed by atoms with Crippen LogP contribution in [0.4, 0.5) is 5.69 Å². The monoisotopic (exact) mass is 345 g/mol. The maximum atomic E-state index is 12.1. The zero-order valence-corrected chi connectivity index (χ0v) is 13.6. The van der Waals surface area contributed by atoms with Crippen LogP contribution >= 0.6 is 12.4 Å². The summed E-state index contributed by atoms with van der Waals surface area (Å²) in [6.07, 6.45) is 0.914. The number of rotatable bonds is 5. The van der Waals surface area contributed by atoms with Crippen molar-refractivity contribution in [2.24, 2.45) is 0 Å². The molecule has 1 N–H and O–H groups in total. The summed E-state index contributed by atoms with van der Waals surface area (Å²) in [4.78, 5) is 24.1. The van der Waals surface area contributed by atoms with Crippen LogP contribution in [-0.2, 0) is 4.79 Å². The summed E-state index contributed by atoms with van der Waals surface area (Å²) >= 11 is 0. The average Bonchev–Trinajstić information content (AvgIpc) is 2.81. The van der Waals surface area contributed by atoms with E-state index in [1.54, 1.807) is 4.90 Å². The van der Waals surface area contributed by atoms with Gasteiger partial charge in [-0.25, -0.2) is 0 Å². The van der Waals surface area contributed by atoms with Crippen molar-refractivity contribution in [1.29, 1.82) is 0 Å². The summed E-state index contributed by atoms with van der Waals surface area (Å²) in [5, 5.41) is 14.0. The molecule has 1 amide bonds. The number of hydrogen-bond donors (Lipinski definition) is 1. The lowest BCUT2D eigenvalue weighted by molar-refractivity contribution is -0.385. The quantitative estimate of drug-likeness (QED) is 0.637. The Morgan fingerprint density at radius 2 is 2.17 bits per heavy atom. The third-order valence-electron chi connectivity index (χ3n) is 3.40. The molecule has 1 aliphatic heterocycles. The van der Waals surface area contributed by atoms with Crippen LogP contribution < -0.4 is 14.8 Å². The second-order valence-electron chi connectivity index (χ2n) is 4.86. The normalized spacial score (nSPS) is 14.4. The maximum absolute atomic E-state index is 12.1. The number of nitrogens with one attached hydrogen (secondary N) is 1. The standard InChI is InChI=1S/C14H19N3O5.ClH/c1-21-13-9-11(3-4-12(13)17(19)20)22-10-14(18)16-7-2-5-15-6-8-16;/h3-4,9,15H,2,5-8,10H2,1H3;1H. The molecule has 8 nitrogen and oxygen atoms in total. The number of nitrogens with zero attached hydrogens (tertiary/aromatic N) is 2. The highest BCUT2D eigenvalue weighted by Gasteiger charge is 2.18. The van der Waals surface area contributed by atoms with Crippen LogP contribution in [0.3, 0.4) is 0 Å². The molecule has 0 saturated carbocycles. The zero-order chi connectivity index (χ0) is 15.9. The molecular weight excluding hydrogens is 326 g/mol.